The Morgan fingerprint density at radius 1 is 1.50 bits per heavy atom. The van der Waals surface area contributed by atoms with E-state index in [1.807, 2.05) is 11.8 Å². The van der Waals surface area contributed by atoms with Crippen LogP contribution in [0.2, 0.25) is 0 Å². The zero-order valence-corrected chi connectivity index (χ0v) is 13.4. The molecule has 1 N–H and O–H groups in total. The van der Waals surface area contributed by atoms with E-state index in [9.17, 15) is 4.79 Å². The molecule has 20 heavy (non-hydrogen) atoms. The number of ether oxygens (including phenoxy) is 1. The maximum absolute atomic E-state index is 12.0. The third-order valence-electron chi connectivity index (χ3n) is 3.16. The van der Waals surface area contributed by atoms with Crippen LogP contribution in [-0.4, -0.2) is 46.3 Å². The van der Waals surface area contributed by atoms with Crippen LogP contribution in [0.15, 0.2) is 0 Å². The lowest BCUT2D eigenvalue weighted by atomic mass is 10.2. The van der Waals surface area contributed by atoms with Crippen LogP contribution in [-0.2, 0) is 11.2 Å². The molecule has 112 valence electrons. The highest BCUT2D eigenvalue weighted by atomic mass is 32.2. The SMILES string of the molecule is CCCc1nnsc1C(=O)NCCSC1CCOCC1. The average molecular weight is 315 g/mol. The molecule has 0 spiro atoms. The quantitative estimate of drug-likeness (QED) is 0.781. The van der Waals surface area contributed by atoms with Crippen molar-refractivity contribution >= 4 is 29.2 Å². The van der Waals surface area contributed by atoms with Crippen molar-refractivity contribution in [1.82, 2.24) is 14.9 Å². The number of thioether (sulfide) groups is 1. The summed E-state index contributed by atoms with van der Waals surface area (Å²) in [6.07, 6.45) is 4.04. The number of aromatic nitrogens is 2. The highest BCUT2D eigenvalue weighted by Crippen LogP contribution is 2.21. The van der Waals surface area contributed by atoms with Crippen molar-refractivity contribution in [3.05, 3.63) is 10.6 Å². The minimum Gasteiger partial charge on any atom is -0.381 e. The van der Waals surface area contributed by atoms with Crippen LogP contribution in [0.4, 0.5) is 0 Å². The smallest absolute Gasteiger partial charge is 0.264 e. The van der Waals surface area contributed by atoms with E-state index in [1.165, 1.54) is 11.5 Å². The molecule has 2 rings (SSSR count). The molecule has 0 radical (unpaired) electrons. The fourth-order valence-corrected chi connectivity index (χ4v) is 3.80. The third-order valence-corrected chi connectivity index (χ3v) is 5.31. The van der Waals surface area contributed by atoms with Gasteiger partial charge in [0.2, 0.25) is 0 Å². The molecule has 1 aliphatic heterocycles. The molecule has 0 aliphatic carbocycles. The fourth-order valence-electron chi connectivity index (χ4n) is 2.09. The first-order valence-electron chi connectivity index (χ1n) is 7.10. The lowest BCUT2D eigenvalue weighted by Crippen LogP contribution is -2.27. The Balaban J connectivity index is 1.68. The number of nitrogens with one attached hydrogen (secondary N) is 1. The van der Waals surface area contributed by atoms with Crippen molar-refractivity contribution in [2.75, 3.05) is 25.5 Å². The van der Waals surface area contributed by atoms with Gasteiger partial charge in [-0.2, -0.15) is 11.8 Å². The number of hydrogen-bond acceptors (Lipinski definition) is 6. The van der Waals surface area contributed by atoms with E-state index in [-0.39, 0.29) is 5.91 Å². The monoisotopic (exact) mass is 315 g/mol. The Bertz CT molecular complexity index is 420. The average Bonchev–Trinajstić information content (AvgIpc) is 2.93. The van der Waals surface area contributed by atoms with E-state index in [1.54, 1.807) is 0 Å². The van der Waals surface area contributed by atoms with Gasteiger partial charge in [0.1, 0.15) is 4.88 Å². The second-order valence-corrected chi connectivity index (χ2v) is 6.90. The highest BCUT2D eigenvalue weighted by Gasteiger charge is 2.16. The molecular formula is C13H21N3O2S2. The minimum atomic E-state index is -0.0315. The van der Waals surface area contributed by atoms with Gasteiger partial charge in [0, 0.05) is 30.8 Å². The Labute approximate surface area is 128 Å². The van der Waals surface area contributed by atoms with Gasteiger partial charge in [0.15, 0.2) is 0 Å². The number of amides is 1. The minimum absolute atomic E-state index is 0.0315. The van der Waals surface area contributed by atoms with Crippen molar-refractivity contribution in [1.29, 1.82) is 0 Å². The first kappa shape index (κ1) is 15.7. The highest BCUT2D eigenvalue weighted by molar-refractivity contribution is 7.99. The Morgan fingerprint density at radius 2 is 2.30 bits per heavy atom. The molecule has 7 heteroatoms. The number of carbonyl (C=O) groups excluding carboxylic acids is 1. The van der Waals surface area contributed by atoms with Crippen LogP contribution in [0, 0.1) is 0 Å². The molecule has 1 aliphatic rings. The van der Waals surface area contributed by atoms with E-state index < -0.39 is 0 Å². The van der Waals surface area contributed by atoms with Crippen LogP contribution >= 0.6 is 23.3 Å². The van der Waals surface area contributed by atoms with Gasteiger partial charge in [-0.25, -0.2) is 0 Å². The van der Waals surface area contributed by atoms with Gasteiger partial charge in [-0.1, -0.05) is 17.8 Å². The van der Waals surface area contributed by atoms with E-state index in [0.717, 1.165) is 50.3 Å². The van der Waals surface area contributed by atoms with Crippen LogP contribution in [0.25, 0.3) is 0 Å². The molecule has 5 nitrogen and oxygen atoms in total. The molecule has 1 fully saturated rings. The molecule has 1 aromatic heterocycles. The molecular weight excluding hydrogens is 294 g/mol. The lowest BCUT2D eigenvalue weighted by molar-refractivity contribution is 0.0958. The third kappa shape index (κ3) is 4.71. The molecule has 1 aromatic rings. The fraction of sp³-hybridized carbons (Fsp3) is 0.769. The molecule has 2 heterocycles. The molecule has 0 bridgehead atoms. The van der Waals surface area contributed by atoms with Crippen LogP contribution in [0.1, 0.15) is 41.6 Å². The normalized spacial score (nSPS) is 16.2. The van der Waals surface area contributed by atoms with Crippen molar-refractivity contribution in [2.45, 2.75) is 37.9 Å². The first-order chi connectivity index (χ1) is 9.81. The summed E-state index contributed by atoms with van der Waals surface area (Å²) in [7, 11) is 0. The van der Waals surface area contributed by atoms with Crippen molar-refractivity contribution in [3.8, 4) is 0 Å². The number of rotatable bonds is 7. The maximum Gasteiger partial charge on any atom is 0.264 e. The summed E-state index contributed by atoms with van der Waals surface area (Å²) in [5, 5.41) is 7.66. The second kappa shape index (κ2) is 8.59. The Kier molecular flexibility index (Phi) is 6.75. The van der Waals surface area contributed by atoms with Gasteiger partial charge < -0.3 is 10.1 Å². The van der Waals surface area contributed by atoms with Gasteiger partial charge >= 0.3 is 0 Å². The predicted molar refractivity (Wildman–Crippen MR) is 82.5 cm³/mol. The number of carbonyl (C=O) groups is 1. The van der Waals surface area contributed by atoms with E-state index >= 15 is 0 Å². The maximum atomic E-state index is 12.0. The molecule has 1 saturated heterocycles. The Morgan fingerprint density at radius 3 is 3.05 bits per heavy atom. The van der Waals surface area contributed by atoms with Gasteiger partial charge in [0.05, 0.1) is 5.69 Å². The van der Waals surface area contributed by atoms with Crippen molar-refractivity contribution < 1.29 is 9.53 Å². The number of nitrogens with zero attached hydrogens (tertiary/aromatic N) is 2. The van der Waals surface area contributed by atoms with Crippen LogP contribution < -0.4 is 5.32 Å². The molecule has 0 atom stereocenters. The van der Waals surface area contributed by atoms with Gasteiger partial charge in [-0.3, -0.25) is 4.79 Å². The summed E-state index contributed by atoms with van der Waals surface area (Å²) in [5.41, 5.74) is 0.826. The number of aryl methyl sites for hydroxylation is 1. The largest absolute Gasteiger partial charge is 0.381 e. The first-order valence-corrected chi connectivity index (χ1v) is 8.92. The van der Waals surface area contributed by atoms with Gasteiger partial charge in [0.25, 0.3) is 5.91 Å². The summed E-state index contributed by atoms with van der Waals surface area (Å²) in [6, 6.07) is 0. The summed E-state index contributed by atoms with van der Waals surface area (Å²) in [6.45, 7) is 4.52. The van der Waals surface area contributed by atoms with Gasteiger partial charge in [-0.15, -0.1) is 5.10 Å². The topological polar surface area (TPSA) is 64.1 Å². The zero-order valence-electron chi connectivity index (χ0n) is 11.8. The standard InChI is InChI=1S/C13H21N3O2S2/c1-2-3-11-12(20-16-15-11)13(17)14-6-9-19-10-4-7-18-8-5-10/h10H,2-9H2,1H3,(H,14,17). The zero-order chi connectivity index (χ0) is 14.2. The predicted octanol–water partition coefficient (Wildman–Crippen LogP) is 2.13. The Hall–Kier alpha value is -0.660. The molecule has 1 amide bonds. The molecule has 0 unspecified atom stereocenters. The molecule has 0 aromatic carbocycles. The summed E-state index contributed by atoms with van der Waals surface area (Å²) in [5.74, 6) is 0.919. The summed E-state index contributed by atoms with van der Waals surface area (Å²) < 4.78 is 9.21. The molecule has 0 saturated carbocycles. The second-order valence-electron chi connectivity index (χ2n) is 4.74. The lowest BCUT2D eigenvalue weighted by Gasteiger charge is -2.21. The van der Waals surface area contributed by atoms with E-state index in [0.29, 0.717) is 16.7 Å². The van der Waals surface area contributed by atoms with Crippen molar-refractivity contribution in [3.63, 3.8) is 0 Å². The summed E-state index contributed by atoms with van der Waals surface area (Å²) >= 11 is 3.12. The number of hydrogen-bond donors (Lipinski definition) is 1. The van der Waals surface area contributed by atoms with E-state index in [4.69, 9.17) is 4.74 Å². The summed E-state index contributed by atoms with van der Waals surface area (Å²) in [4.78, 5) is 12.7. The van der Waals surface area contributed by atoms with Crippen molar-refractivity contribution in [2.24, 2.45) is 0 Å². The van der Waals surface area contributed by atoms with Crippen LogP contribution in [0.3, 0.4) is 0 Å². The van der Waals surface area contributed by atoms with Crippen LogP contribution in [0.5, 0.6) is 0 Å². The van der Waals surface area contributed by atoms with Gasteiger partial charge in [-0.05, 0) is 30.8 Å². The van der Waals surface area contributed by atoms with E-state index in [2.05, 4.69) is 21.8 Å².